The van der Waals surface area contributed by atoms with Gasteiger partial charge >= 0.3 is 0 Å². The third kappa shape index (κ3) is 4.11. The number of rotatable bonds is 6. The maximum Gasteiger partial charge on any atom is 0.227 e. The number of carbonyl (C=O) groups is 1. The highest BCUT2D eigenvalue weighted by molar-refractivity contribution is 5.99. The molecule has 1 aromatic carbocycles. The van der Waals surface area contributed by atoms with Crippen LogP contribution in [0.4, 0.5) is 11.6 Å². The van der Waals surface area contributed by atoms with Gasteiger partial charge in [0.1, 0.15) is 0 Å². The van der Waals surface area contributed by atoms with Crippen molar-refractivity contribution in [1.82, 2.24) is 15.0 Å². The zero-order chi connectivity index (χ0) is 19.4. The molecule has 0 amide bonds. The lowest BCUT2D eigenvalue weighted by atomic mass is 10.1. The Morgan fingerprint density at radius 3 is 2.85 bits per heavy atom. The van der Waals surface area contributed by atoms with Crippen LogP contribution >= 0.6 is 0 Å². The number of nitrogens with one attached hydrogen (secondary N) is 2. The summed E-state index contributed by atoms with van der Waals surface area (Å²) in [7, 11) is 0. The molecule has 0 saturated carbocycles. The molecule has 138 valence electrons. The molecule has 0 spiro atoms. The van der Waals surface area contributed by atoms with Gasteiger partial charge in [0.15, 0.2) is 5.78 Å². The molecule has 0 atom stereocenters. The molecule has 6 nitrogen and oxygen atoms in total. The highest BCUT2D eigenvalue weighted by atomic mass is 16.1. The molecule has 0 unspecified atom stereocenters. The Kier molecular flexibility index (Phi) is 5.45. The van der Waals surface area contributed by atoms with Gasteiger partial charge in [0.2, 0.25) is 5.95 Å². The summed E-state index contributed by atoms with van der Waals surface area (Å²) in [5.74, 6) is 0.516. The Labute approximate surface area is 158 Å². The first-order chi connectivity index (χ1) is 13.0. The number of carbonyl (C=O) groups excluding carboxylic acids is 1. The van der Waals surface area contributed by atoms with E-state index >= 15 is 0 Å². The number of allylic oxidation sites excluding steroid dienone is 1. The van der Waals surface area contributed by atoms with Crippen LogP contribution in [0.2, 0.25) is 0 Å². The monoisotopic (exact) mass is 361 g/mol. The number of aromatic amines is 1. The first-order valence-corrected chi connectivity index (χ1v) is 8.95. The fraction of sp³-hybridized carbons (Fsp3) is 0.238. The van der Waals surface area contributed by atoms with Crippen molar-refractivity contribution in [3.05, 3.63) is 53.5 Å². The summed E-state index contributed by atoms with van der Waals surface area (Å²) in [6.45, 7) is 7.54. The number of ketones is 1. The number of fused-ring (bicyclic) bond motifs is 1. The molecule has 6 heteroatoms. The molecule has 2 heterocycles. The van der Waals surface area contributed by atoms with Crippen molar-refractivity contribution in [2.75, 3.05) is 5.32 Å². The van der Waals surface area contributed by atoms with E-state index in [4.69, 9.17) is 0 Å². The molecule has 2 N–H and O–H groups in total. The van der Waals surface area contributed by atoms with Crippen LogP contribution in [0.15, 0.2) is 41.5 Å². The number of aryl methyl sites for hydroxylation is 1. The molecule has 0 radical (unpaired) electrons. The average Bonchev–Trinajstić information content (AvgIpc) is 3.08. The number of hydrogen-bond acceptors (Lipinski definition) is 5. The maximum absolute atomic E-state index is 11.6. The number of anilines is 2. The van der Waals surface area contributed by atoms with E-state index in [2.05, 4.69) is 25.3 Å². The van der Waals surface area contributed by atoms with Crippen molar-refractivity contribution in [2.24, 2.45) is 4.99 Å². The van der Waals surface area contributed by atoms with Crippen molar-refractivity contribution in [3.63, 3.8) is 0 Å². The van der Waals surface area contributed by atoms with E-state index in [1.54, 1.807) is 13.1 Å². The molecule has 0 bridgehead atoms. The van der Waals surface area contributed by atoms with Gasteiger partial charge in [-0.15, -0.1) is 0 Å². The van der Waals surface area contributed by atoms with Crippen LogP contribution in [0.25, 0.3) is 16.6 Å². The molecule has 0 aliphatic heterocycles. The number of Topliss-reactive ketones (excluding diaryl/α,β-unsaturated/α-hetero) is 1. The van der Waals surface area contributed by atoms with Crippen LogP contribution in [0.3, 0.4) is 0 Å². The third-order valence-electron chi connectivity index (χ3n) is 4.17. The van der Waals surface area contributed by atoms with Crippen LogP contribution in [0, 0.1) is 6.92 Å². The first kappa shape index (κ1) is 18.5. The normalized spacial score (nSPS) is 12.1. The molecular formula is C21H23N5O. The Hall–Kier alpha value is -3.28. The summed E-state index contributed by atoms with van der Waals surface area (Å²) in [5.41, 5.74) is 5.05. The van der Waals surface area contributed by atoms with Gasteiger partial charge in [-0.1, -0.05) is 13.0 Å². The van der Waals surface area contributed by atoms with Gasteiger partial charge in [-0.3, -0.25) is 9.79 Å². The molecule has 0 aliphatic carbocycles. The standard InChI is InChI=1S/C21H23N5O/c1-5-8-22-17(6-2)18-7-9-23-21(26-18)24-16-10-13(3)20-15(11-16)12-19(25-20)14(4)27/h6-12,25H,5H2,1-4H3,(H,23,24,26)/b17-6-,22-8?. The lowest BCUT2D eigenvalue weighted by Gasteiger charge is -2.08. The summed E-state index contributed by atoms with van der Waals surface area (Å²) in [5, 5.41) is 4.22. The highest BCUT2D eigenvalue weighted by Gasteiger charge is 2.10. The van der Waals surface area contributed by atoms with E-state index in [0.717, 1.165) is 40.0 Å². The minimum Gasteiger partial charge on any atom is -0.352 e. The Morgan fingerprint density at radius 2 is 2.15 bits per heavy atom. The summed E-state index contributed by atoms with van der Waals surface area (Å²) >= 11 is 0. The largest absolute Gasteiger partial charge is 0.352 e. The SMILES string of the molecule is C/C=C(\N=CCC)c1ccnc(Nc2cc(C)c3[nH]c(C(C)=O)cc3c2)n1. The van der Waals surface area contributed by atoms with E-state index in [-0.39, 0.29) is 5.78 Å². The number of aromatic nitrogens is 3. The second-order valence-corrected chi connectivity index (χ2v) is 6.28. The van der Waals surface area contributed by atoms with Gasteiger partial charge in [-0.05, 0) is 50.1 Å². The molecule has 3 aromatic rings. The Bertz CT molecular complexity index is 1050. The van der Waals surface area contributed by atoms with Gasteiger partial charge in [-0.25, -0.2) is 9.97 Å². The lowest BCUT2D eigenvalue weighted by molar-refractivity contribution is 0.101. The van der Waals surface area contributed by atoms with Gasteiger partial charge in [0.05, 0.1) is 17.1 Å². The van der Waals surface area contributed by atoms with E-state index in [0.29, 0.717) is 11.6 Å². The second-order valence-electron chi connectivity index (χ2n) is 6.28. The van der Waals surface area contributed by atoms with Crippen LogP contribution in [0.1, 0.15) is 48.9 Å². The third-order valence-corrected chi connectivity index (χ3v) is 4.17. The zero-order valence-corrected chi connectivity index (χ0v) is 16.0. The fourth-order valence-corrected chi connectivity index (χ4v) is 2.86. The van der Waals surface area contributed by atoms with Crippen LogP contribution < -0.4 is 5.32 Å². The lowest BCUT2D eigenvalue weighted by Crippen LogP contribution is -1.99. The number of H-pyrrole nitrogens is 1. The molecular weight excluding hydrogens is 338 g/mol. The van der Waals surface area contributed by atoms with Crippen molar-refractivity contribution >= 4 is 40.2 Å². The average molecular weight is 361 g/mol. The molecule has 0 fully saturated rings. The van der Waals surface area contributed by atoms with Gasteiger partial charge < -0.3 is 10.3 Å². The van der Waals surface area contributed by atoms with Crippen molar-refractivity contribution in [2.45, 2.75) is 34.1 Å². The topological polar surface area (TPSA) is 83.0 Å². The van der Waals surface area contributed by atoms with Crippen LogP contribution in [0.5, 0.6) is 0 Å². The number of hydrogen-bond donors (Lipinski definition) is 2. The summed E-state index contributed by atoms with van der Waals surface area (Å²) in [4.78, 5) is 28.1. The van der Waals surface area contributed by atoms with Gasteiger partial charge in [-0.2, -0.15) is 0 Å². The smallest absolute Gasteiger partial charge is 0.227 e. The number of benzene rings is 1. The Balaban J connectivity index is 1.92. The highest BCUT2D eigenvalue weighted by Crippen LogP contribution is 2.26. The Morgan fingerprint density at radius 1 is 1.33 bits per heavy atom. The van der Waals surface area contributed by atoms with E-state index in [9.17, 15) is 4.79 Å². The predicted molar refractivity (Wildman–Crippen MR) is 111 cm³/mol. The van der Waals surface area contributed by atoms with Gasteiger partial charge in [0.25, 0.3) is 0 Å². The van der Waals surface area contributed by atoms with Crippen molar-refractivity contribution in [3.8, 4) is 0 Å². The quantitative estimate of drug-likeness (QED) is 0.475. The number of nitrogens with zero attached hydrogens (tertiary/aromatic N) is 3. The van der Waals surface area contributed by atoms with E-state index in [1.807, 2.05) is 57.3 Å². The minimum absolute atomic E-state index is 0.0164. The molecule has 0 saturated heterocycles. The minimum atomic E-state index is 0.0164. The second kappa shape index (κ2) is 7.95. The van der Waals surface area contributed by atoms with Gasteiger partial charge in [0, 0.05) is 35.9 Å². The maximum atomic E-state index is 11.6. The first-order valence-electron chi connectivity index (χ1n) is 8.95. The molecule has 0 aliphatic rings. The van der Waals surface area contributed by atoms with Crippen LogP contribution in [-0.2, 0) is 0 Å². The molecule has 3 rings (SSSR count). The summed E-state index contributed by atoms with van der Waals surface area (Å²) in [6.07, 6.45) is 6.37. The van der Waals surface area contributed by atoms with Crippen LogP contribution in [-0.4, -0.2) is 26.9 Å². The van der Waals surface area contributed by atoms with E-state index < -0.39 is 0 Å². The zero-order valence-electron chi connectivity index (χ0n) is 16.0. The van der Waals surface area contributed by atoms with Crippen molar-refractivity contribution < 1.29 is 4.79 Å². The summed E-state index contributed by atoms with van der Waals surface area (Å²) in [6, 6.07) is 7.69. The fourth-order valence-electron chi connectivity index (χ4n) is 2.86. The van der Waals surface area contributed by atoms with E-state index in [1.165, 1.54) is 0 Å². The van der Waals surface area contributed by atoms with Crippen molar-refractivity contribution in [1.29, 1.82) is 0 Å². The molecule has 27 heavy (non-hydrogen) atoms. The number of aliphatic imine (C=N–C) groups is 1. The predicted octanol–water partition coefficient (Wildman–Crippen LogP) is 5.05. The summed E-state index contributed by atoms with van der Waals surface area (Å²) < 4.78 is 0. The molecule has 2 aromatic heterocycles.